The molecule has 0 saturated heterocycles. The zero-order valence-electron chi connectivity index (χ0n) is 11.4. The molecule has 0 aliphatic rings. The molecule has 0 aliphatic heterocycles. The SMILES string of the molecule is COC(=O)CCC(=O)NCCCCc1ccccc1. The van der Waals surface area contributed by atoms with Gasteiger partial charge in [0.15, 0.2) is 0 Å². The van der Waals surface area contributed by atoms with Crippen LogP contribution in [0.1, 0.15) is 31.2 Å². The minimum atomic E-state index is -0.348. The molecule has 0 fully saturated rings. The molecule has 0 radical (unpaired) electrons. The number of rotatable bonds is 8. The predicted molar refractivity (Wildman–Crippen MR) is 73.6 cm³/mol. The third-order valence-corrected chi connectivity index (χ3v) is 2.84. The van der Waals surface area contributed by atoms with Gasteiger partial charge >= 0.3 is 5.97 Å². The summed E-state index contributed by atoms with van der Waals surface area (Å²) in [6.45, 7) is 0.660. The van der Waals surface area contributed by atoms with E-state index in [-0.39, 0.29) is 24.7 Å². The first-order chi connectivity index (χ1) is 9.22. The zero-order valence-corrected chi connectivity index (χ0v) is 11.4. The predicted octanol–water partition coefficient (Wildman–Crippen LogP) is 2.08. The summed E-state index contributed by atoms with van der Waals surface area (Å²) in [5.74, 6) is -0.440. The van der Waals surface area contributed by atoms with E-state index in [9.17, 15) is 9.59 Å². The van der Waals surface area contributed by atoms with Crippen LogP contribution in [-0.2, 0) is 20.7 Å². The Bertz CT molecular complexity index is 390. The van der Waals surface area contributed by atoms with Crippen molar-refractivity contribution < 1.29 is 14.3 Å². The van der Waals surface area contributed by atoms with Crippen LogP contribution in [0, 0.1) is 0 Å². The van der Waals surface area contributed by atoms with Crippen LogP contribution in [0.5, 0.6) is 0 Å². The van der Waals surface area contributed by atoms with Gasteiger partial charge in [-0.25, -0.2) is 0 Å². The number of carbonyl (C=O) groups is 2. The lowest BCUT2D eigenvalue weighted by Gasteiger charge is -2.05. The third kappa shape index (κ3) is 7.24. The van der Waals surface area contributed by atoms with Gasteiger partial charge in [0.25, 0.3) is 0 Å². The van der Waals surface area contributed by atoms with Gasteiger partial charge in [-0.05, 0) is 24.8 Å². The Labute approximate surface area is 114 Å². The standard InChI is InChI=1S/C15H21NO3/c1-19-15(18)11-10-14(17)16-12-6-5-9-13-7-3-2-4-8-13/h2-4,7-8H,5-6,9-12H2,1H3,(H,16,17). The fourth-order valence-corrected chi connectivity index (χ4v) is 1.73. The van der Waals surface area contributed by atoms with E-state index < -0.39 is 0 Å². The molecule has 1 aromatic rings. The highest BCUT2D eigenvalue weighted by Gasteiger charge is 2.05. The highest BCUT2D eigenvalue weighted by molar-refractivity contribution is 5.81. The van der Waals surface area contributed by atoms with Crippen LogP contribution in [0.25, 0.3) is 0 Å². The first-order valence-electron chi connectivity index (χ1n) is 6.60. The molecule has 1 amide bonds. The molecule has 0 unspecified atom stereocenters. The molecule has 19 heavy (non-hydrogen) atoms. The normalized spacial score (nSPS) is 9.95. The minimum Gasteiger partial charge on any atom is -0.469 e. The number of carbonyl (C=O) groups excluding carboxylic acids is 2. The van der Waals surface area contributed by atoms with Crippen LogP contribution in [0.2, 0.25) is 0 Å². The molecule has 0 aromatic heterocycles. The molecule has 0 saturated carbocycles. The first-order valence-corrected chi connectivity index (χ1v) is 6.60. The van der Waals surface area contributed by atoms with Gasteiger partial charge in [-0.2, -0.15) is 0 Å². The molecular formula is C15H21NO3. The fraction of sp³-hybridized carbons (Fsp3) is 0.467. The van der Waals surface area contributed by atoms with E-state index in [1.54, 1.807) is 0 Å². The van der Waals surface area contributed by atoms with Crippen LogP contribution >= 0.6 is 0 Å². The lowest BCUT2D eigenvalue weighted by molar-refractivity contribution is -0.142. The molecule has 4 nitrogen and oxygen atoms in total. The third-order valence-electron chi connectivity index (χ3n) is 2.84. The van der Waals surface area contributed by atoms with Crippen molar-refractivity contribution in [3.63, 3.8) is 0 Å². The second-order valence-corrected chi connectivity index (χ2v) is 4.37. The number of ether oxygens (including phenoxy) is 1. The molecular weight excluding hydrogens is 242 g/mol. The molecule has 104 valence electrons. The van der Waals surface area contributed by atoms with Crippen molar-refractivity contribution in [3.8, 4) is 0 Å². The number of hydrogen-bond donors (Lipinski definition) is 1. The van der Waals surface area contributed by atoms with Crippen molar-refractivity contribution in [2.75, 3.05) is 13.7 Å². The van der Waals surface area contributed by atoms with Crippen LogP contribution < -0.4 is 5.32 Å². The summed E-state index contributed by atoms with van der Waals surface area (Å²) in [7, 11) is 1.32. The van der Waals surface area contributed by atoms with Gasteiger partial charge in [0.05, 0.1) is 13.5 Å². The number of methoxy groups -OCH3 is 1. The van der Waals surface area contributed by atoms with E-state index in [0.29, 0.717) is 6.54 Å². The Morgan fingerprint density at radius 3 is 2.53 bits per heavy atom. The molecule has 1 aromatic carbocycles. The maximum atomic E-state index is 11.4. The summed E-state index contributed by atoms with van der Waals surface area (Å²) in [5.41, 5.74) is 1.32. The van der Waals surface area contributed by atoms with Crippen LogP contribution in [0.4, 0.5) is 0 Å². The van der Waals surface area contributed by atoms with Gasteiger partial charge in [-0.15, -0.1) is 0 Å². The van der Waals surface area contributed by atoms with E-state index in [0.717, 1.165) is 19.3 Å². The number of amides is 1. The Hall–Kier alpha value is -1.84. The van der Waals surface area contributed by atoms with Crippen molar-refractivity contribution in [2.24, 2.45) is 0 Å². The lowest BCUT2D eigenvalue weighted by Crippen LogP contribution is -2.25. The van der Waals surface area contributed by atoms with E-state index in [1.165, 1.54) is 12.7 Å². The first kappa shape index (κ1) is 15.2. The summed E-state index contributed by atoms with van der Waals surface area (Å²) in [5, 5.41) is 2.80. The highest BCUT2D eigenvalue weighted by atomic mass is 16.5. The molecule has 0 heterocycles. The summed E-state index contributed by atoms with van der Waals surface area (Å²) in [4.78, 5) is 22.2. The molecule has 0 atom stereocenters. The second kappa shape index (κ2) is 9.14. The summed E-state index contributed by atoms with van der Waals surface area (Å²) in [6.07, 6.45) is 3.36. The van der Waals surface area contributed by atoms with E-state index in [2.05, 4.69) is 22.2 Å². The van der Waals surface area contributed by atoms with Crippen molar-refractivity contribution in [1.82, 2.24) is 5.32 Å². The smallest absolute Gasteiger partial charge is 0.306 e. The Balaban J connectivity index is 2.01. The van der Waals surface area contributed by atoms with Crippen molar-refractivity contribution in [3.05, 3.63) is 35.9 Å². The summed E-state index contributed by atoms with van der Waals surface area (Å²) >= 11 is 0. The average molecular weight is 263 g/mol. The van der Waals surface area contributed by atoms with Gasteiger partial charge in [-0.1, -0.05) is 30.3 Å². The van der Waals surface area contributed by atoms with Crippen molar-refractivity contribution in [1.29, 1.82) is 0 Å². The quantitative estimate of drug-likeness (QED) is 0.577. The Morgan fingerprint density at radius 2 is 1.84 bits per heavy atom. The van der Waals surface area contributed by atoms with E-state index in [4.69, 9.17) is 0 Å². The number of esters is 1. The molecule has 4 heteroatoms. The lowest BCUT2D eigenvalue weighted by atomic mass is 10.1. The number of unbranched alkanes of at least 4 members (excludes halogenated alkanes) is 1. The zero-order chi connectivity index (χ0) is 13.9. The maximum absolute atomic E-state index is 11.4. The average Bonchev–Trinajstić information content (AvgIpc) is 2.45. The second-order valence-electron chi connectivity index (χ2n) is 4.37. The van der Waals surface area contributed by atoms with E-state index >= 15 is 0 Å². The number of nitrogens with one attached hydrogen (secondary N) is 1. The molecule has 0 bridgehead atoms. The van der Waals surface area contributed by atoms with Crippen LogP contribution in [-0.4, -0.2) is 25.5 Å². The van der Waals surface area contributed by atoms with Crippen molar-refractivity contribution >= 4 is 11.9 Å². The monoisotopic (exact) mass is 263 g/mol. The minimum absolute atomic E-state index is 0.0925. The number of benzene rings is 1. The van der Waals surface area contributed by atoms with E-state index in [1.807, 2.05) is 18.2 Å². The number of hydrogen-bond acceptors (Lipinski definition) is 3. The van der Waals surface area contributed by atoms with Gasteiger partial charge < -0.3 is 10.1 Å². The highest BCUT2D eigenvalue weighted by Crippen LogP contribution is 2.03. The van der Waals surface area contributed by atoms with Crippen LogP contribution in [0.3, 0.4) is 0 Å². The van der Waals surface area contributed by atoms with Gasteiger partial charge in [0, 0.05) is 13.0 Å². The van der Waals surface area contributed by atoms with Gasteiger partial charge in [0.2, 0.25) is 5.91 Å². The Morgan fingerprint density at radius 1 is 1.11 bits per heavy atom. The van der Waals surface area contributed by atoms with Gasteiger partial charge in [0.1, 0.15) is 0 Å². The van der Waals surface area contributed by atoms with Crippen LogP contribution in [0.15, 0.2) is 30.3 Å². The van der Waals surface area contributed by atoms with Crippen molar-refractivity contribution in [2.45, 2.75) is 32.1 Å². The number of aryl methyl sites for hydroxylation is 1. The molecule has 0 aliphatic carbocycles. The molecule has 1 N–H and O–H groups in total. The summed E-state index contributed by atoms with van der Waals surface area (Å²) in [6, 6.07) is 10.3. The largest absolute Gasteiger partial charge is 0.469 e. The van der Waals surface area contributed by atoms with Gasteiger partial charge in [-0.3, -0.25) is 9.59 Å². The fourth-order valence-electron chi connectivity index (χ4n) is 1.73. The molecule has 0 spiro atoms. The maximum Gasteiger partial charge on any atom is 0.306 e. The molecule has 1 rings (SSSR count). The summed E-state index contributed by atoms with van der Waals surface area (Å²) < 4.78 is 4.47. The Kier molecular flexibility index (Phi) is 7.32. The topological polar surface area (TPSA) is 55.4 Å².